The van der Waals surface area contributed by atoms with Crippen molar-refractivity contribution in [3.05, 3.63) is 166 Å². The van der Waals surface area contributed by atoms with E-state index in [0.717, 1.165) is 64.9 Å². The van der Waals surface area contributed by atoms with Gasteiger partial charge in [0.1, 0.15) is 0 Å². The van der Waals surface area contributed by atoms with Crippen molar-refractivity contribution in [1.29, 1.82) is 5.26 Å². The van der Waals surface area contributed by atoms with Crippen molar-refractivity contribution < 1.29 is 0 Å². The Balaban J connectivity index is 0.000000303. The van der Waals surface area contributed by atoms with Crippen LogP contribution in [0.4, 0.5) is 0 Å². The molecule has 3 aromatic carbocycles. The van der Waals surface area contributed by atoms with Crippen LogP contribution < -0.4 is 22.9 Å². The van der Waals surface area contributed by atoms with Crippen LogP contribution in [0.15, 0.2) is 133 Å². The summed E-state index contributed by atoms with van der Waals surface area (Å²) in [6.45, 7) is 28.6. The summed E-state index contributed by atoms with van der Waals surface area (Å²) in [5.74, 6) is 4.22. The average Bonchev–Trinajstić information content (AvgIpc) is 3.28. The molecule has 8 N–H and O–H groups in total. The monoisotopic (exact) mass is 895 g/mol. The van der Waals surface area contributed by atoms with Gasteiger partial charge in [-0.1, -0.05) is 154 Å². The highest BCUT2D eigenvalue weighted by molar-refractivity contribution is 5.65. The fourth-order valence-corrected chi connectivity index (χ4v) is 7.86. The summed E-state index contributed by atoms with van der Waals surface area (Å²) in [7, 11) is 0. The summed E-state index contributed by atoms with van der Waals surface area (Å²) in [6.07, 6.45) is 25.8. The first-order valence-corrected chi connectivity index (χ1v) is 24.8. The van der Waals surface area contributed by atoms with Gasteiger partial charge >= 0.3 is 0 Å². The van der Waals surface area contributed by atoms with E-state index in [0.29, 0.717) is 23.7 Å². The first kappa shape index (κ1) is 56.7. The molecule has 0 radical (unpaired) electrons. The molecule has 0 aromatic heterocycles. The topological polar surface area (TPSA) is 131 Å². The molecule has 1 heterocycles. The minimum Gasteiger partial charge on any atom is -0.405 e. The normalized spacial score (nSPS) is 15.0. The molecule has 66 heavy (non-hydrogen) atoms. The second-order valence-corrected chi connectivity index (χ2v) is 20.7. The maximum absolute atomic E-state index is 9.01. The molecule has 6 nitrogen and oxygen atoms in total. The first-order valence-electron chi connectivity index (χ1n) is 24.8. The summed E-state index contributed by atoms with van der Waals surface area (Å²) in [5, 5.41) is 9.01. The van der Waals surface area contributed by atoms with Gasteiger partial charge in [-0.15, -0.1) is 0 Å². The van der Waals surface area contributed by atoms with E-state index in [9.17, 15) is 0 Å². The number of rotatable bonds is 15. The Kier molecular flexibility index (Phi) is 25.8. The molecular formula is C60H90N6. The number of hydrogen-bond donors (Lipinski definition) is 4. The Morgan fingerprint density at radius 1 is 0.652 bits per heavy atom. The fraction of sp³-hybridized carbons (Fsp3) is 0.483. The standard InChI is InChI=1S/C17H26N2.C15H25N.C14H20N2.C14H19N/c1-12(2)11-14-5-7-15(8-6-14)17(19)10-9-16(18)13(3)4;1-13(2)12-14-8-10-16(11-9-14)15-6-4-3-5-7-15;1-11(2)10-12-5-7-13(8-6-12)14(16)4-3-9-15;1-11(2)9-12-5-7-13(8-6-12)14(3,4)10-15/h5-10,12-13H,11,18-19H2,1-4H3;4,6-7,13-14H,3,5,8-12H2,1-2H3;3-9,11H,10,15-16H2,1-2H3;5-8,11H,9H2,1-4H3/b16-9-,17-10-;;9-3-,14-4-;. The maximum Gasteiger partial charge on any atom is 0.0766 e. The number of piperidine rings is 1. The van der Waals surface area contributed by atoms with Crippen LogP contribution in [-0.4, -0.2) is 18.0 Å². The van der Waals surface area contributed by atoms with Gasteiger partial charge in [-0.2, -0.15) is 5.26 Å². The van der Waals surface area contributed by atoms with Crippen LogP contribution in [0.3, 0.4) is 0 Å². The molecule has 360 valence electrons. The van der Waals surface area contributed by atoms with E-state index in [4.69, 9.17) is 28.2 Å². The third-order valence-corrected chi connectivity index (χ3v) is 11.7. The molecule has 1 fully saturated rings. The van der Waals surface area contributed by atoms with E-state index in [1.165, 1.54) is 73.8 Å². The number of nitrogens with two attached hydrogens (primary N) is 4. The third-order valence-electron chi connectivity index (χ3n) is 11.7. The van der Waals surface area contributed by atoms with Crippen LogP contribution in [0, 0.1) is 46.8 Å². The summed E-state index contributed by atoms with van der Waals surface area (Å²) < 4.78 is 0. The Morgan fingerprint density at radius 3 is 1.48 bits per heavy atom. The molecule has 1 aliphatic heterocycles. The van der Waals surface area contributed by atoms with Crippen molar-refractivity contribution in [3.8, 4) is 6.07 Å². The van der Waals surface area contributed by atoms with Gasteiger partial charge in [0, 0.05) is 35.9 Å². The van der Waals surface area contributed by atoms with Crippen LogP contribution in [0.5, 0.6) is 0 Å². The summed E-state index contributed by atoms with van der Waals surface area (Å²) >= 11 is 0. The largest absolute Gasteiger partial charge is 0.405 e. The van der Waals surface area contributed by atoms with Gasteiger partial charge in [0.05, 0.1) is 11.5 Å². The molecule has 1 saturated heterocycles. The highest BCUT2D eigenvalue weighted by atomic mass is 15.1. The number of benzene rings is 3. The van der Waals surface area contributed by atoms with E-state index >= 15 is 0 Å². The molecule has 5 rings (SSSR count). The Morgan fingerprint density at radius 2 is 1.11 bits per heavy atom. The molecule has 0 bridgehead atoms. The van der Waals surface area contributed by atoms with E-state index in [2.05, 4.69) is 159 Å². The number of nitrogens with zero attached hydrogens (tertiary/aromatic N) is 2. The second-order valence-electron chi connectivity index (χ2n) is 20.7. The van der Waals surface area contributed by atoms with Crippen molar-refractivity contribution in [2.75, 3.05) is 13.1 Å². The molecule has 3 aromatic rings. The molecule has 6 heteroatoms. The molecule has 0 unspecified atom stereocenters. The van der Waals surface area contributed by atoms with Gasteiger partial charge in [-0.3, -0.25) is 0 Å². The zero-order valence-corrected chi connectivity index (χ0v) is 43.3. The Bertz CT molecular complexity index is 2040. The van der Waals surface area contributed by atoms with Crippen molar-refractivity contribution in [3.63, 3.8) is 0 Å². The van der Waals surface area contributed by atoms with Gasteiger partial charge in [0.15, 0.2) is 0 Å². The van der Waals surface area contributed by atoms with E-state index in [-0.39, 0.29) is 5.41 Å². The lowest BCUT2D eigenvalue weighted by Gasteiger charge is -2.35. The van der Waals surface area contributed by atoms with Gasteiger partial charge in [0.2, 0.25) is 0 Å². The SMILES string of the molecule is CC(C)CC1CCN(C2=CCCC=C2)CC1.CC(C)Cc1ccc(/C(N)=C/C=C(\N)C(C)C)cc1.CC(C)Cc1ccc(/C(N)=C/C=C\N)cc1.CC(C)Cc1ccc(C(C)(C)C#N)cc1. The van der Waals surface area contributed by atoms with Crippen molar-refractivity contribution in [2.45, 2.75) is 140 Å². The van der Waals surface area contributed by atoms with Gasteiger partial charge in [-0.05, 0) is 171 Å². The molecule has 0 amide bonds. The zero-order valence-electron chi connectivity index (χ0n) is 43.3. The Hall–Kier alpha value is -5.41. The van der Waals surface area contributed by atoms with Crippen LogP contribution in [0.2, 0.25) is 0 Å². The molecule has 0 saturated carbocycles. The lowest BCUT2D eigenvalue weighted by atomic mass is 9.85. The highest BCUT2D eigenvalue weighted by Gasteiger charge is 2.21. The smallest absolute Gasteiger partial charge is 0.0766 e. The number of likely N-dealkylation sites (tertiary alicyclic amines) is 1. The molecule has 0 spiro atoms. The van der Waals surface area contributed by atoms with E-state index < -0.39 is 0 Å². The van der Waals surface area contributed by atoms with E-state index in [1.54, 1.807) is 12.2 Å². The zero-order chi connectivity index (χ0) is 49.2. The van der Waals surface area contributed by atoms with Crippen molar-refractivity contribution >= 4 is 11.4 Å². The Labute approximate surface area is 403 Å². The highest BCUT2D eigenvalue weighted by Crippen LogP contribution is 2.28. The van der Waals surface area contributed by atoms with Gasteiger partial charge < -0.3 is 27.8 Å². The minimum atomic E-state index is -0.379. The molecular weight excluding hydrogens is 805 g/mol. The minimum absolute atomic E-state index is 0.345. The number of allylic oxidation sites excluding steroid dienone is 8. The van der Waals surface area contributed by atoms with Crippen LogP contribution >= 0.6 is 0 Å². The molecule has 1 aliphatic carbocycles. The van der Waals surface area contributed by atoms with Crippen LogP contribution in [0.1, 0.15) is 149 Å². The number of hydrogen-bond acceptors (Lipinski definition) is 6. The maximum atomic E-state index is 9.01. The lowest BCUT2D eigenvalue weighted by molar-refractivity contribution is 0.210. The first-order chi connectivity index (χ1) is 31.2. The summed E-state index contributed by atoms with van der Waals surface area (Å²) in [6, 6.07) is 27.5. The fourth-order valence-electron chi connectivity index (χ4n) is 7.86. The van der Waals surface area contributed by atoms with Gasteiger partial charge in [-0.25, -0.2) is 0 Å². The lowest BCUT2D eigenvalue weighted by Crippen LogP contribution is -2.33. The third kappa shape index (κ3) is 22.7. The van der Waals surface area contributed by atoms with Gasteiger partial charge in [0.25, 0.3) is 0 Å². The van der Waals surface area contributed by atoms with Crippen LogP contribution in [0.25, 0.3) is 11.4 Å². The molecule has 2 aliphatic rings. The van der Waals surface area contributed by atoms with Crippen molar-refractivity contribution in [1.82, 2.24) is 4.90 Å². The second kappa shape index (κ2) is 30.0. The van der Waals surface area contributed by atoms with Crippen molar-refractivity contribution in [2.24, 2.45) is 58.4 Å². The average molecular weight is 895 g/mol. The molecule has 0 atom stereocenters. The quantitative estimate of drug-likeness (QED) is 0.112. The van der Waals surface area contributed by atoms with E-state index in [1.807, 2.05) is 38.1 Å². The predicted molar refractivity (Wildman–Crippen MR) is 289 cm³/mol. The predicted octanol–water partition coefficient (Wildman–Crippen LogP) is 14.0. The summed E-state index contributed by atoms with van der Waals surface area (Å²) in [4.78, 5) is 2.58. The van der Waals surface area contributed by atoms with Crippen LogP contribution in [-0.2, 0) is 24.7 Å². The summed E-state index contributed by atoms with van der Waals surface area (Å²) in [5.41, 5.74) is 33.7. The number of nitriles is 1.